The molecule has 4 nitrogen and oxygen atoms in total. The van der Waals surface area contributed by atoms with Crippen LogP contribution >= 0.6 is 0 Å². The van der Waals surface area contributed by atoms with E-state index in [0.29, 0.717) is 5.71 Å². The van der Waals surface area contributed by atoms with Crippen molar-refractivity contribution in [2.24, 2.45) is 10.7 Å². The van der Waals surface area contributed by atoms with Gasteiger partial charge in [-0.3, -0.25) is 10.4 Å². The maximum Gasteiger partial charge on any atom is 0.132 e. The molecule has 1 heterocycles. The minimum atomic E-state index is -0.702. The van der Waals surface area contributed by atoms with E-state index in [-0.39, 0.29) is 0 Å². The van der Waals surface area contributed by atoms with Crippen molar-refractivity contribution >= 4 is 23.2 Å². The summed E-state index contributed by atoms with van der Waals surface area (Å²) < 4.78 is 6.39. The first-order valence-electron chi connectivity index (χ1n) is 14.0. The first-order chi connectivity index (χ1) is 20.6. The number of rotatable bonds is 5. The molecule has 0 fully saturated rings. The summed E-state index contributed by atoms with van der Waals surface area (Å²) >= 11 is 0. The van der Waals surface area contributed by atoms with E-state index in [9.17, 15) is 0 Å². The Labute approximate surface area is 245 Å². The fourth-order valence-corrected chi connectivity index (χ4v) is 6.30. The van der Waals surface area contributed by atoms with Crippen LogP contribution in [0, 0.1) is 5.41 Å². The maximum absolute atomic E-state index is 8.84. The van der Waals surface area contributed by atoms with E-state index in [0.717, 1.165) is 67.4 Å². The topological polar surface area (TPSA) is 71.5 Å². The van der Waals surface area contributed by atoms with Gasteiger partial charge < -0.3 is 10.5 Å². The molecule has 0 radical (unpaired) electrons. The summed E-state index contributed by atoms with van der Waals surface area (Å²) in [7, 11) is 0. The van der Waals surface area contributed by atoms with Crippen molar-refractivity contribution in [3.63, 3.8) is 0 Å². The lowest BCUT2D eigenvalue weighted by Crippen LogP contribution is -2.36. The van der Waals surface area contributed by atoms with Gasteiger partial charge in [-0.25, -0.2) is 0 Å². The average molecular weight is 544 g/mol. The van der Waals surface area contributed by atoms with Gasteiger partial charge in [0.25, 0.3) is 0 Å². The molecule has 0 unspecified atom stereocenters. The highest BCUT2D eigenvalue weighted by molar-refractivity contribution is 6.14. The molecule has 0 saturated heterocycles. The Kier molecular flexibility index (Phi) is 6.17. The van der Waals surface area contributed by atoms with Gasteiger partial charge in [0.05, 0.1) is 16.8 Å². The molecule has 2 aliphatic rings. The predicted molar refractivity (Wildman–Crippen MR) is 171 cm³/mol. The van der Waals surface area contributed by atoms with E-state index in [1.165, 1.54) is 0 Å². The van der Waals surface area contributed by atoms with Crippen molar-refractivity contribution in [2.75, 3.05) is 0 Å². The Morgan fingerprint density at radius 3 is 2.12 bits per heavy atom. The molecule has 42 heavy (non-hydrogen) atoms. The number of hydrogen-bond donors (Lipinski definition) is 2. The van der Waals surface area contributed by atoms with Gasteiger partial charge in [-0.1, -0.05) is 109 Å². The Balaban J connectivity index is 1.39. The van der Waals surface area contributed by atoms with Crippen LogP contribution in [0.25, 0.3) is 5.57 Å². The zero-order valence-corrected chi connectivity index (χ0v) is 23.2. The number of ether oxygens (including phenoxy) is 1. The normalized spacial score (nSPS) is 14.6. The summed E-state index contributed by atoms with van der Waals surface area (Å²) in [5.74, 6) is 1.61. The number of nitrogens with two attached hydrogens (primary N) is 1. The van der Waals surface area contributed by atoms with Gasteiger partial charge in [0.15, 0.2) is 0 Å². The van der Waals surface area contributed by atoms with Crippen molar-refractivity contribution in [1.82, 2.24) is 0 Å². The average Bonchev–Trinajstić information content (AvgIpc) is 3.28. The smallest absolute Gasteiger partial charge is 0.132 e. The van der Waals surface area contributed by atoms with Crippen molar-refractivity contribution in [3.8, 4) is 11.5 Å². The summed E-state index contributed by atoms with van der Waals surface area (Å²) in [4.78, 5) is 4.90. The quantitative estimate of drug-likeness (QED) is 0.218. The number of aliphatic imine (C=N–C) groups is 1. The molecule has 0 aromatic heterocycles. The van der Waals surface area contributed by atoms with Crippen molar-refractivity contribution < 1.29 is 4.74 Å². The van der Waals surface area contributed by atoms with Gasteiger partial charge in [0.2, 0.25) is 0 Å². The summed E-state index contributed by atoms with van der Waals surface area (Å²) in [6, 6.07) is 40.3. The highest BCUT2D eigenvalue weighted by atomic mass is 16.5. The Bertz CT molecular complexity index is 1900. The number of fused-ring (bicyclic) bond motifs is 6. The maximum atomic E-state index is 8.84. The van der Waals surface area contributed by atoms with E-state index in [1.54, 1.807) is 0 Å². The zero-order chi connectivity index (χ0) is 28.7. The molecule has 7 rings (SSSR count). The molecule has 1 spiro atoms. The number of benzene rings is 5. The highest BCUT2D eigenvalue weighted by Gasteiger charge is 2.51. The molecule has 1 aliphatic carbocycles. The number of para-hydroxylation sites is 3. The second kappa shape index (κ2) is 10.2. The van der Waals surface area contributed by atoms with Crippen LogP contribution in [0.1, 0.15) is 45.9 Å². The first-order valence-corrected chi connectivity index (χ1v) is 14.0. The van der Waals surface area contributed by atoms with Gasteiger partial charge in [-0.2, -0.15) is 0 Å². The minimum Gasteiger partial charge on any atom is -0.457 e. The number of nitrogens with zero attached hydrogens (tertiary/aromatic N) is 1. The molecule has 0 saturated carbocycles. The van der Waals surface area contributed by atoms with Crippen LogP contribution in [0.5, 0.6) is 11.5 Å². The Morgan fingerprint density at radius 2 is 1.40 bits per heavy atom. The lowest BCUT2D eigenvalue weighted by molar-refractivity contribution is 0.433. The molecule has 1 aliphatic heterocycles. The van der Waals surface area contributed by atoms with Crippen LogP contribution in [0.4, 0.5) is 5.69 Å². The third-order valence-corrected chi connectivity index (χ3v) is 8.16. The van der Waals surface area contributed by atoms with Gasteiger partial charge in [-0.05, 0) is 47.9 Å². The van der Waals surface area contributed by atoms with Gasteiger partial charge >= 0.3 is 0 Å². The fourth-order valence-electron chi connectivity index (χ4n) is 6.30. The molecule has 0 bridgehead atoms. The van der Waals surface area contributed by atoms with Gasteiger partial charge in [0.1, 0.15) is 11.5 Å². The third-order valence-electron chi connectivity index (χ3n) is 8.16. The van der Waals surface area contributed by atoms with Gasteiger partial charge in [0, 0.05) is 39.7 Å². The second-order valence-corrected chi connectivity index (χ2v) is 10.5. The van der Waals surface area contributed by atoms with Crippen LogP contribution in [-0.2, 0) is 5.41 Å². The van der Waals surface area contributed by atoms with Crippen LogP contribution in [0.2, 0.25) is 0 Å². The minimum absolute atomic E-state index is 0.444. The standard InChI is InChI=1S/C38H29N3O/c1-2-12-28-27-22-21-25(24-41-33-18-9-6-15-29(33)36(39)26-13-4-3-5-14-26)23-32(27)38(37(28)40)30-16-7-10-19-34(30)42-35-20-11-8-17-31(35)38/h2-24,39H,40H2,1H3/b12-2-,39-36?,41-24?. The molecule has 3 N–H and O–H groups in total. The molecule has 0 amide bonds. The largest absolute Gasteiger partial charge is 0.457 e. The molecular formula is C38H29N3O. The van der Waals surface area contributed by atoms with Crippen LogP contribution in [-0.4, -0.2) is 11.9 Å². The SMILES string of the molecule is C/C=C\C1=C(N)C2(c3ccccc3Oc3ccccc32)c2cc(C=Nc3ccccc3C(=N)c3ccccc3)ccc21. The molecular weight excluding hydrogens is 514 g/mol. The molecule has 4 heteroatoms. The van der Waals surface area contributed by atoms with Gasteiger partial charge in [-0.15, -0.1) is 0 Å². The number of nitrogens with one attached hydrogen (secondary N) is 1. The second-order valence-electron chi connectivity index (χ2n) is 10.5. The van der Waals surface area contributed by atoms with E-state index < -0.39 is 5.41 Å². The highest BCUT2D eigenvalue weighted by Crippen LogP contribution is 2.59. The van der Waals surface area contributed by atoms with Crippen LogP contribution in [0.15, 0.2) is 144 Å². The van der Waals surface area contributed by atoms with Crippen molar-refractivity contribution in [3.05, 3.63) is 178 Å². The summed E-state index contributed by atoms with van der Waals surface area (Å²) in [6.07, 6.45) is 6.02. The molecule has 5 aromatic carbocycles. The predicted octanol–water partition coefficient (Wildman–Crippen LogP) is 8.55. The van der Waals surface area contributed by atoms with E-state index >= 15 is 0 Å². The first kappa shape index (κ1) is 25.5. The number of hydrogen-bond acceptors (Lipinski definition) is 4. The molecule has 5 aromatic rings. The zero-order valence-electron chi connectivity index (χ0n) is 23.2. The van der Waals surface area contributed by atoms with E-state index in [4.69, 9.17) is 20.9 Å². The monoisotopic (exact) mass is 543 g/mol. The van der Waals surface area contributed by atoms with Crippen molar-refractivity contribution in [2.45, 2.75) is 12.3 Å². The third kappa shape index (κ3) is 3.84. The number of allylic oxidation sites excluding steroid dienone is 4. The fraction of sp³-hybridized carbons (Fsp3) is 0.0526. The molecule has 0 atom stereocenters. The summed E-state index contributed by atoms with van der Waals surface area (Å²) in [5.41, 5.74) is 16.3. The lowest BCUT2D eigenvalue weighted by Gasteiger charge is -2.39. The summed E-state index contributed by atoms with van der Waals surface area (Å²) in [6.45, 7) is 2.02. The van der Waals surface area contributed by atoms with E-state index in [2.05, 4.69) is 36.4 Å². The Hall–Kier alpha value is -5.48. The van der Waals surface area contributed by atoms with Crippen LogP contribution in [0.3, 0.4) is 0 Å². The van der Waals surface area contributed by atoms with Crippen molar-refractivity contribution in [1.29, 1.82) is 5.41 Å². The Morgan fingerprint density at radius 1 is 0.762 bits per heavy atom. The summed E-state index contributed by atoms with van der Waals surface area (Å²) in [5, 5.41) is 8.84. The van der Waals surface area contributed by atoms with E-state index in [1.807, 2.05) is 110 Å². The molecule has 202 valence electrons. The van der Waals surface area contributed by atoms with Crippen LogP contribution < -0.4 is 10.5 Å². The lowest BCUT2D eigenvalue weighted by atomic mass is 9.67.